The van der Waals surface area contributed by atoms with Crippen LogP contribution < -0.4 is 21.3 Å². The van der Waals surface area contributed by atoms with E-state index in [-0.39, 0.29) is 18.9 Å². The van der Waals surface area contributed by atoms with Gasteiger partial charge in [-0.2, -0.15) is 9.29 Å². The van der Waals surface area contributed by atoms with Gasteiger partial charge in [0, 0.05) is 39.8 Å². The van der Waals surface area contributed by atoms with Crippen LogP contribution in [-0.4, -0.2) is 68.6 Å². The molecule has 166 valence electrons. The van der Waals surface area contributed by atoms with Crippen LogP contribution in [0.1, 0.15) is 18.8 Å². The van der Waals surface area contributed by atoms with E-state index in [0.29, 0.717) is 43.4 Å². The zero-order chi connectivity index (χ0) is 21.7. The lowest BCUT2D eigenvalue weighted by molar-refractivity contribution is 0.102. The molecule has 1 saturated heterocycles. The fraction of sp³-hybridized carbons (Fsp3) is 0.444. The van der Waals surface area contributed by atoms with E-state index in [9.17, 15) is 13.2 Å². The van der Waals surface area contributed by atoms with Gasteiger partial charge in [0.05, 0.1) is 16.5 Å². The average molecular weight is 459 g/mol. The van der Waals surface area contributed by atoms with Crippen LogP contribution in [0.5, 0.6) is 0 Å². The van der Waals surface area contributed by atoms with E-state index in [2.05, 4.69) is 20.5 Å². The van der Waals surface area contributed by atoms with Crippen LogP contribution in [-0.2, 0) is 10.0 Å². The molecule has 4 N–H and O–H groups in total. The van der Waals surface area contributed by atoms with E-state index in [1.54, 1.807) is 12.1 Å². The third kappa shape index (κ3) is 5.42. The second-order valence-electron chi connectivity index (χ2n) is 6.74. The minimum absolute atomic E-state index is 0. The Morgan fingerprint density at radius 1 is 1.33 bits per heavy atom. The van der Waals surface area contributed by atoms with Crippen molar-refractivity contribution in [3.05, 3.63) is 35.2 Å². The minimum Gasteiger partial charge on any atom is -0.431 e. The number of nitrogens with one attached hydrogen (secondary N) is 2. The SMILES string of the molecule is CCNCCS(=O)(=O)N1CCN(c2ccc(Cl)c(NC(=O)c3coc(N)n3)c2)CC1.[HH]. The first-order valence-electron chi connectivity index (χ1n) is 9.55. The van der Waals surface area contributed by atoms with Gasteiger partial charge in [0.1, 0.15) is 6.26 Å². The quantitative estimate of drug-likeness (QED) is 0.506. The molecule has 1 aliphatic rings. The Kier molecular flexibility index (Phi) is 7.19. The second kappa shape index (κ2) is 9.65. The first-order chi connectivity index (χ1) is 14.3. The van der Waals surface area contributed by atoms with Gasteiger partial charge >= 0.3 is 0 Å². The van der Waals surface area contributed by atoms with Crippen molar-refractivity contribution in [1.29, 1.82) is 0 Å². The number of anilines is 3. The number of piperazine rings is 1. The summed E-state index contributed by atoms with van der Waals surface area (Å²) in [6, 6.07) is 5.17. The lowest BCUT2D eigenvalue weighted by Crippen LogP contribution is -2.50. The van der Waals surface area contributed by atoms with E-state index in [1.165, 1.54) is 4.31 Å². The largest absolute Gasteiger partial charge is 0.431 e. The van der Waals surface area contributed by atoms with Crippen LogP contribution in [0.25, 0.3) is 0 Å². The molecule has 1 aromatic heterocycles. The highest BCUT2D eigenvalue weighted by molar-refractivity contribution is 7.89. The number of halogens is 1. The average Bonchev–Trinajstić information content (AvgIpc) is 3.16. The topological polar surface area (TPSA) is 134 Å². The van der Waals surface area contributed by atoms with Crippen molar-refractivity contribution < 1.29 is 19.1 Å². The molecule has 1 aromatic carbocycles. The Bertz CT molecular complexity index is 995. The number of sulfonamides is 1. The standard InChI is InChI=1S/C18H25ClN6O4S.H2/c1-2-21-5-10-30(27,28)25-8-6-24(7-9-25)13-3-4-14(19)15(11-13)22-17(26)16-12-29-18(20)23-16;/h3-4,11-12,21H,2,5-10H2,1H3,(H2,20,23)(H,22,26);1H. The first kappa shape index (κ1) is 22.3. The maximum atomic E-state index is 12.4. The molecule has 2 heterocycles. The summed E-state index contributed by atoms with van der Waals surface area (Å²) in [6.45, 7) is 4.99. The monoisotopic (exact) mass is 458 g/mol. The van der Waals surface area contributed by atoms with Crippen LogP contribution >= 0.6 is 11.6 Å². The number of carbonyl (C=O) groups excluding carboxylic acids is 1. The molecule has 0 atom stereocenters. The summed E-state index contributed by atoms with van der Waals surface area (Å²) in [5.74, 6) is -0.407. The summed E-state index contributed by atoms with van der Waals surface area (Å²) in [7, 11) is -3.28. The zero-order valence-corrected chi connectivity index (χ0v) is 18.2. The van der Waals surface area contributed by atoms with Gasteiger partial charge in [0.25, 0.3) is 11.9 Å². The van der Waals surface area contributed by atoms with Crippen LogP contribution in [0, 0.1) is 0 Å². The first-order valence-corrected chi connectivity index (χ1v) is 11.5. The van der Waals surface area contributed by atoms with E-state index >= 15 is 0 Å². The van der Waals surface area contributed by atoms with Gasteiger partial charge in [0.15, 0.2) is 5.69 Å². The molecule has 1 amide bonds. The molecule has 12 heteroatoms. The summed E-state index contributed by atoms with van der Waals surface area (Å²) >= 11 is 6.22. The van der Waals surface area contributed by atoms with Crippen molar-refractivity contribution in [2.24, 2.45) is 0 Å². The van der Waals surface area contributed by atoms with Crippen molar-refractivity contribution in [3.8, 4) is 0 Å². The summed E-state index contributed by atoms with van der Waals surface area (Å²) in [6.07, 6.45) is 1.16. The summed E-state index contributed by atoms with van der Waals surface area (Å²) in [4.78, 5) is 18.1. The second-order valence-corrected chi connectivity index (χ2v) is 9.24. The van der Waals surface area contributed by atoms with Gasteiger partial charge in [-0.05, 0) is 24.7 Å². The molecule has 10 nitrogen and oxygen atoms in total. The maximum Gasteiger partial charge on any atom is 0.292 e. The molecule has 0 saturated carbocycles. The van der Waals surface area contributed by atoms with Crippen LogP contribution in [0.3, 0.4) is 0 Å². The number of rotatable bonds is 8. The van der Waals surface area contributed by atoms with Crippen molar-refractivity contribution in [3.63, 3.8) is 0 Å². The Hall–Kier alpha value is -2.34. The minimum atomic E-state index is -3.28. The van der Waals surface area contributed by atoms with Gasteiger partial charge in [0.2, 0.25) is 10.0 Å². The zero-order valence-electron chi connectivity index (χ0n) is 16.6. The predicted octanol–water partition coefficient (Wildman–Crippen LogP) is 1.47. The number of carbonyl (C=O) groups is 1. The highest BCUT2D eigenvalue weighted by Crippen LogP contribution is 2.29. The van der Waals surface area contributed by atoms with Crippen LogP contribution in [0.2, 0.25) is 5.02 Å². The third-order valence-electron chi connectivity index (χ3n) is 4.74. The van der Waals surface area contributed by atoms with E-state index in [1.807, 2.05) is 13.0 Å². The van der Waals surface area contributed by atoms with Crippen LogP contribution in [0.4, 0.5) is 17.4 Å². The van der Waals surface area contributed by atoms with Gasteiger partial charge < -0.3 is 25.7 Å². The highest BCUT2D eigenvalue weighted by atomic mass is 35.5. The van der Waals surface area contributed by atoms with E-state index < -0.39 is 15.9 Å². The molecule has 30 heavy (non-hydrogen) atoms. The van der Waals surface area contributed by atoms with Crippen molar-refractivity contribution >= 4 is 44.9 Å². The number of nitrogens with two attached hydrogens (primary N) is 1. The molecule has 0 radical (unpaired) electrons. The lowest BCUT2D eigenvalue weighted by atomic mass is 10.2. The van der Waals surface area contributed by atoms with Crippen molar-refractivity contribution in [1.82, 2.24) is 14.6 Å². The molecule has 1 fully saturated rings. The van der Waals surface area contributed by atoms with Gasteiger partial charge in [-0.1, -0.05) is 18.5 Å². The van der Waals surface area contributed by atoms with E-state index in [4.69, 9.17) is 21.8 Å². The third-order valence-corrected chi connectivity index (χ3v) is 6.94. The number of amides is 1. The summed E-state index contributed by atoms with van der Waals surface area (Å²) < 4.78 is 31.3. The molecular weight excluding hydrogens is 432 g/mol. The summed E-state index contributed by atoms with van der Waals surface area (Å²) in [5, 5.41) is 6.10. The van der Waals surface area contributed by atoms with Gasteiger partial charge in [-0.15, -0.1) is 0 Å². The molecule has 0 bridgehead atoms. The number of hydrogen-bond donors (Lipinski definition) is 3. The Morgan fingerprint density at radius 3 is 2.70 bits per heavy atom. The van der Waals surface area contributed by atoms with Crippen molar-refractivity contribution in [2.75, 3.05) is 61.0 Å². The molecule has 1 aliphatic heterocycles. The number of hydrogen-bond acceptors (Lipinski definition) is 8. The van der Waals surface area contributed by atoms with E-state index in [0.717, 1.165) is 18.5 Å². The highest BCUT2D eigenvalue weighted by Gasteiger charge is 2.27. The van der Waals surface area contributed by atoms with Crippen molar-refractivity contribution in [2.45, 2.75) is 6.92 Å². The molecule has 0 unspecified atom stereocenters. The number of aromatic nitrogens is 1. The fourth-order valence-corrected chi connectivity index (χ4v) is 4.66. The number of nitrogen functional groups attached to an aromatic ring is 1. The number of benzene rings is 1. The molecule has 0 spiro atoms. The van der Waals surface area contributed by atoms with Gasteiger partial charge in [-0.3, -0.25) is 4.79 Å². The predicted molar refractivity (Wildman–Crippen MR) is 119 cm³/mol. The smallest absolute Gasteiger partial charge is 0.292 e. The normalized spacial score (nSPS) is 15.3. The van der Waals surface area contributed by atoms with Gasteiger partial charge in [-0.25, -0.2) is 8.42 Å². The maximum absolute atomic E-state index is 12.4. The lowest BCUT2D eigenvalue weighted by Gasteiger charge is -2.35. The Balaban J connectivity index is 0.00000341. The van der Waals surface area contributed by atoms with Crippen LogP contribution in [0.15, 0.2) is 28.9 Å². The molecule has 3 rings (SSSR count). The number of oxazole rings is 1. The Morgan fingerprint density at radius 2 is 2.07 bits per heavy atom. The summed E-state index contributed by atoms with van der Waals surface area (Å²) in [5.41, 5.74) is 6.69. The Labute approximate surface area is 181 Å². The molecule has 0 aliphatic carbocycles. The molecule has 2 aromatic rings. The number of nitrogens with zero attached hydrogens (tertiary/aromatic N) is 3. The fourth-order valence-electron chi connectivity index (χ4n) is 3.12. The molecular formula is C18H27ClN6O4S.